The van der Waals surface area contributed by atoms with Crippen molar-refractivity contribution >= 4 is 85.1 Å². The average Bonchev–Trinajstić information content (AvgIpc) is 4.00. The molecule has 0 unspecified atom stereocenters. The van der Waals surface area contributed by atoms with Crippen LogP contribution in [0.3, 0.4) is 0 Å². The highest BCUT2D eigenvalue weighted by Gasteiger charge is 2.16. The highest BCUT2D eigenvalue weighted by molar-refractivity contribution is 14.1. The van der Waals surface area contributed by atoms with Gasteiger partial charge in [0.25, 0.3) is 0 Å². The number of nitrogens with one attached hydrogen (secondary N) is 2. The number of fused-ring (bicyclic) bond motifs is 3. The molecule has 0 fully saturated rings. The lowest BCUT2D eigenvalue weighted by atomic mass is 10.1. The van der Waals surface area contributed by atoms with E-state index in [4.69, 9.17) is 41.3 Å². The van der Waals surface area contributed by atoms with Gasteiger partial charge in [-0.15, -0.1) is 0 Å². The van der Waals surface area contributed by atoms with Crippen LogP contribution in [0, 0.1) is 21.0 Å². The van der Waals surface area contributed by atoms with E-state index >= 15 is 0 Å². The Hall–Kier alpha value is -4.81. The maximum Gasteiger partial charge on any atom is 0.141 e. The van der Waals surface area contributed by atoms with E-state index in [-0.39, 0.29) is 28.3 Å². The second-order valence-electron chi connectivity index (χ2n) is 11.0. The lowest BCUT2D eigenvalue weighted by molar-refractivity contribution is 0.399. The van der Waals surface area contributed by atoms with Crippen LogP contribution in [0.1, 0.15) is 20.9 Å². The standard InChI is InChI=1S/C12H11ClFN3.C12H7ClFN3.C6H3ClFI.C6H5N3.CH3F.CH4O.CH4/c2*13-9-6-8(3-4-10(9)14)17-12-2-1-5-15-11(12)7-16-17;7-5-3-4(9)1-2-6(5)8;1-2-5-6(7-3-1)4-8-9-5;2*1-2;/h3-4,6-7,15H,1-2,5H2;1-7H;1-3H;1-4H,(H,8,9);1H3;2H,1H3;1H4/i;;;;1D;;. The summed E-state index contributed by atoms with van der Waals surface area (Å²) in [6.07, 6.45) is 10.7. The van der Waals surface area contributed by atoms with Crippen LogP contribution in [-0.2, 0) is 6.42 Å². The molecule has 0 saturated heterocycles. The number of nitrogens with zero attached hydrogens (tertiary/aromatic N) is 7. The largest absolute Gasteiger partial charge is 0.400 e. The van der Waals surface area contributed by atoms with Crippen LogP contribution >= 0.6 is 57.4 Å². The number of hydrogen-bond acceptors (Lipinski definition) is 7. The molecule has 9 rings (SSSR count). The van der Waals surface area contributed by atoms with Crippen LogP contribution in [0.4, 0.5) is 23.2 Å². The monoisotopic (exact) mass is 956 g/mol. The minimum atomic E-state index is -1.00. The van der Waals surface area contributed by atoms with Gasteiger partial charge in [0.1, 0.15) is 28.5 Å². The molecule has 8 aromatic rings. The maximum atomic E-state index is 13.1. The fourth-order valence-corrected chi connectivity index (χ4v) is 6.22. The summed E-state index contributed by atoms with van der Waals surface area (Å²) in [6.45, 7) is 0.975. The van der Waals surface area contributed by atoms with Crippen LogP contribution in [0.15, 0.2) is 110 Å². The molecule has 18 heteroatoms. The van der Waals surface area contributed by atoms with Gasteiger partial charge in [-0.2, -0.15) is 15.3 Å². The van der Waals surface area contributed by atoms with Crippen molar-refractivity contribution in [3.05, 3.63) is 152 Å². The second kappa shape index (κ2) is 23.4. The number of aliphatic hydroxyl groups excluding tert-OH is 1. The average molecular weight is 958 g/mol. The Labute approximate surface area is 356 Å². The molecule has 3 aromatic carbocycles. The van der Waals surface area contributed by atoms with Gasteiger partial charge in [-0.25, -0.2) is 22.5 Å². The number of aliphatic hydroxyl groups is 1. The predicted octanol–water partition coefficient (Wildman–Crippen LogP) is 11.1. The summed E-state index contributed by atoms with van der Waals surface area (Å²) in [4.78, 5) is 8.22. The van der Waals surface area contributed by atoms with Crippen molar-refractivity contribution in [2.24, 2.45) is 0 Å². The molecule has 3 N–H and O–H groups in total. The molecular formula is C39H37Cl3F4IN9O. The number of H-pyrrole nitrogens is 1. The quantitative estimate of drug-likeness (QED) is 0.0896. The number of aromatic amines is 1. The van der Waals surface area contributed by atoms with E-state index in [9.17, 15) is 17.6 Å². The number of halogens is 8. The molecule has 0 atom stereocenters. The smallest absolute Gasteiger partial charge is 0.141 e. The van der Waals surface area contributed by atoms with Gasteiger partial charge in [-0.05, 0) is 114 Å². The van der Waals surface area contributed by atoms with Gasteiger partial charge in [-0.1, -0.05) is 42.2 Å². The van der Waals surface area contributed by atoms with Crippen molar-refractivity contribution in [3.8, 4) is 11.4 Å². The fourth-order valence-electron chi connectivity index (χ4n) is 5.01. The molecule has 0 radical (unpaired) electrons. The molecule has 0 spiro atoms. The Bertz CT molecular complexity index is 2460. The molecular weight excluding hydrogens is 920 g/mol. The number of alkyl halides is 1. The number of rotatable bonds is 2. The molecule has 5 aromatic heterocycles. The third-order valence-electron chi connectivity index (χ3n) is 7.50. The highest BCUT2D eigenvalue weighted by Crippen LogP contribution is 2.26. The molecule has 0 saturated carbocycles. The van der Waals surface area contributed by atoms with Crippen LogP contribution < -0.4 is 5.32 Å². The first kappa shape index (κ1) is 44.9. The van der Waals surface area contributed by atoms with Crippen molar-refractivity contribution in [1.29, 1.82) is 0 Å². The van der Waals surface area contributed by atoms with Crippen molar-refractivity contribution in [3.63, 3.8) is 0 Å². The Kier molecular flexibility index (Phi) is 18.5. The minimum Gasteiger partial charge on any atom is -0.400 e. The zero-order valence-electron chi connectivity index (χ0n) is 30.3. The highest BCUT2D eigenvalue weighted by atomic mass is 127. The fraction of sp³-hybridized carbons (Fsp3) is 0.154. The maximum absolute atomic E-state index is 13.1. The third-order valence-corrected chi connectivity index (χ3v) is 9.04. The molecule has 6 heterocycles. The molecule has 1 aliphatic rings. The van der Waals surface area contributed by atoms with E-state index in [1.165, 1.54) is 24.3 Å². The molecule has 0 aliphatic carbocycles. The summed E-state index contributed by atoms with van der Waals surface area (Å²) in [6, 6.07) is 21.3. The van der Waals surface area contributed by atoms with Gasteiger partial charge in [0.2, 0.25) is 0 Å². The summed E-state index contributed by atoms with van der Waals surface area (Å²) in [7, 11) is 0. The summed E-state index contributed by atoms with van der Waals surface area (Å²) in [5.41, 5.74) is 7.22. The summed E-state index contributed by atoms with van der Waals surface area (Å²) < 4.78 is 58.5. The second-order valence-corrected chi connectivity index (χ2v) is 13.4. The van der Waals surface area contributed by atoms with Gasteiger partial charge in [0, 0.05) is 29.6 Å². The molecule has 300 valence electrons. The Morgan fingerprint density at radius 1 is 0.754 bits per heavy atom. The lowest BCUT2D eigenvalue weighted by Gasteiger charge is -2.15. The van der Waals surface area contributed by atoms with E-state index in [2.05, 4.69) is 58.3 Å². The zero-order chi connectivity index (χ0) is 41.3. The number of anilines is 1. The van der Waals surface area contributed by atoms with Crippen molar-refractivity contribution in [1.82, 2.24) is 39.7 Å². The third kappa shape index (κ3) is 12.6. The Morgan fingerprint density at radius 2 is 1.32 bits per heavy atom. The van der Waals surface area contributed by atoms with Gasteiger partial charge in [0.05, 0.1) is 76.0 Å². The van der Waals surface area contributed by atoms with Crippen LogP contribution in [-0.4, -0.2) is 65.6 Å². The van der Waals surface area contributed by atoms with Crippen LogP contribution in [0.2, 0.25) is 15.1 Å². The van der Waals surface area contributed by atoms with Crippen molar-refractivity contribution < 1.29 is 24.0 Å². The first-order chi connectivity index (χ1) is 27.6. The number of benzene rings is 3. The molecule has 57 heavy (non-hydrogen) atoms. The number of pyridine rings is 2. The SMILES string of the molecule is C.CO.Fc1ccc(-n2ncc3c2CCCN3)cc1Cl.Fc1ccc(-n2ncc3ncccc32)cc1Cl.Fc1ccc(I)cc1Cl.[2H]CF.c1cnc2cn[nH]c2c1. The summed E-state index contributed by atoms with van der Waals surface area (Å²) in [5.74, 6) is -1.21. The van der Waals surface area contributed by atoms with Crippen molar-refractivity contribution in [2.75, 3.05) is 26.1 Å². The topological polar surface area (TPSA) is 122 Å². The molecule has 10 nitrogen and oxygen atoms in total. The van der Waals surface area contributed by atoms with Gasteiger partial charge in [0.15, 0.2) is 0 Å². The summed E-state index contributed by atoms with van der Waals surface area (Å²) >= 11 is 19.0. The first-order valence-corrected chi connectivity index (χ1v) is 18.5. The van der Waals surface area contributed by atoms with E-state index in [0.29, 0.717) is 5.69 Å². The van der Waals surface area contributed by atoms with Crippen LogP contribution in [0.5, 0.6) is 0 Å². The normalized spacial score (nSPS) is 11.1. The Morgan fingerprint density at radius 3 is 1.91 bits per heavy atom. The van der Waals surface area contributed by atoms with Crippen molar-refractivity contribution in [2.45, 2.75) is 20.3 Å². The van der Waals surface area contributed by atoms with E-state index in [1.54, 1.807) is 66.0 Å². The molecule has 0 amide bonds. The Balaban J connectivity index is 0.000000205. The summed E-state index contributed by atoms with van der Waals surface area (Å²) in [5, 5.41) is 25.8. The lowest BCUT2D eigenvalue weighted by Crippen LogP contribution is -2.13. The van der Waals surface area contributed by atoms with Gasteiger partial charge >= 0.3 is 0 Å². The molecule has 0 bridgehead atoms. The minimum absolute atomic E-state index is 0. The van der Waals surface area contributed by atoms with E-state index in [0.717, 1.165) is 69.2 Å². The predicted molar refractivity (Wildman–Crippen MR) is 229 cm³/mol. The van der Waals surface area contributed by atoms with E-state index < -0.39 is 18.8 Å². The van der Waals surface area contributed by atoms with Gasteiger partial charge < -0.3 is 10.4 Å². The number of aromatic nitrogens is 8. The van der Waals surface area contributed by atoms with Crippen LogP contribution in [0.25, 0.3) is 33.4 Å². The zero-order valence-corrected chi connectivity index (χ0v) is 33.7. The van der Waals surface area contributed by atoms with E-state index in [1.807, 2.05) is 28.9 Å². The molecule has 1 aliphatic heterocycles. The van der Waals surface area contributed by atoms with Gasteiger partial charge in [-0.3, -0.25) is 19.5 Å². The number of hydrogen-bond donors (Lipinski definition) is 3. The first-order valence-electron chi connectivity index (χ1n) is 16.9.